The average Bonchev–Trinajstić information content (AvgIpc) is 2.48. The Morgan fingerprint density at radius 2 is 1.78 bits per heavy atom. The highest BCUT2D eigenvalue weighted by molar-refractivity contribution is 7.90. The van der Waals surface area contributed by atoms with Gasteiger partial charge in [0.25, 0.3) is 0 Å². The van der Waals surface area contributed by atoms with Crippen LogP contribution in [0.1, 0.15) is 11.3 Å². The molecular weight excluding hydrogens is 331 g/mol. The Morgan fingerprint density at radius 1 is 1.13 bits per heavy atom. The van der Waals surface area contributed by atoms with Crippen molar-refractivity contribution in [3.63, 3.8) is 0 Å². The molecule has 1 heterocycles. The van der Waals surface area contributed by atoms with Gasteiger partial charge in [-0.2, -0.15) is 13.2 Å². The minimum atomic E-state index is -4.47. The van der Waals surface area contributed by atoms with E-state index < -0.39 is 28.4 Å². The van der Waals surface area contributed by atoms with Gasteiger partial charge in [-0.15, -0.1) is 0 Å². The molecule has 0 radical (unpaired) electrons. The molecule has 0 aliphatic rings. The summed E-state index contributed by atoms with van der Waals surface area (Å²) < 4.78 is 66.0. The summed E-state index contributed by atoms with van der Waals surface area (Å²) >= 11 is 0. The summed E-state index contributed by atoms with van der Waals surface area (Å²) in [5.74, 6) is -0.443. The third-order valence-electron chi connectivity index (χ3n) is 3.08. The summed E-state index contributed by atoms with van der Waals surface area (Å²) in [6.07, 6.45) is -3.24. The summed E-state index contributed by atoms with van der Waals surface area (Å²) in [6.45, 7) is 0.0390. The SMILES string of the molecule is Cc1c(OCC(F)(F)F)ccnc1CS(=O)(=O)c1ccccc1. The Bertz CT molecular complexity index is 774. The smallest absolute Gasteiger partial charge is 0.422 e. The maximum Gasteiger partial charge on any atom is 0.422 e. The first-order chi connectivity index (χ1) is 10.7. The molecule has 0 unspecified atom stereocenters. The number of pyridine rings is 1. The van der Waals surface area contributed by atoms with Gasteiger partial charge < -0.3 is 4.74 Å². The van der Waals surface area contributed by atoms with Gasteiger partial charge in [-0.05, 0) is 25.1 Å². The van der Waals surface area contributed by atoms with Crippen molar-refractivity contribution in [3.8, 4) is 5.75 Å². The van der Waals surface area contributed by atoms with Crippen LogP contribution in [-0.2, 0) is 15.6 Å². The summed E-state index contributed by atoms with van der Waals surface area (Å²) in [5.41, 5.74) is 0.435. The first-order valence-electron chi connectivity index (χ1n) is 6.61. The summed E-state index contributed by atoms with van der Waals surface area (Å²) in [6, 6.07) is 9.06. The molecular formula is C15H14F3NO3S. The van der Waals surface area contributed by atoms with E-state index in [1.807, 2.05) is 0 Å². The second-order valence-corrected chi connectivity index (χ2v) is 6.85. The zero-order valence-electron chi connectivity index (χ0n) is 12.2. The second-order valence-electron chi connectivity index (χ2n) is 4.86. The van der Waals surface area contributed by atoms with E-state index in [0.717, 1.165) is 0 Å². The predicted molar refractivity (Wildman–Crippen MR) is 77.9 cm³/mol. The summed E-state index contributed by atoms with van der Waals surface area (Å²) in [4.78, 5) is 4.08. The quantitative estimate of drug-likeness (QED) is 0.834. The van der Waals surface area contributed by atoms with Crippen molar-refractivity contribution in [1.82, 2.24) is 4.98 Å². The number of hydrogen-bond donors (Lipinski definition) is 0. The van der Waals surface area contributed by atoms with Crippen LogP contribution >= 0.6 is 0 Å². The Morgan fingerprint density at radius 3 is 2.39 bits per heavy atom. The van der Waals surface area contributed by atoms with Gasteiger partial charge >= 0.3 is 6.18 Å². The van der Waals surface area contributed by atoms with Gasteiger partial charge in [0, 0.05) is 11.8 Å². The minimum Gasteiger partial charge on any atom is -0.484 e. The van der Waals surface area contributed by atoms with E-state index in [1.165, 1.54) is 31.3 Å². The number of ether oxygens (including phenoxy) is 1. The second kappa shape index (κ2) is 6.57. The maximum atomic E-state index is 12.3. The Balaban J connectivity index is 2.24. The van der Waals surface area contributed by atoms with Crippen LogP contribution < -0.4 is 4.74 Å². The number of benzene rings is 1. The number of rotatable bonds is 5. The molecule has 0 aliphatic carbocycles. The van der Waals surface area contributed by atoms with E-state index >= 15 is 0 Å². The Hall–Kier alpha value is -2.09. The zero-order valence-corrected chi connectivity index (χ0v) is 13.0. The number of nitrogens with zero attached hydrogens (tertiary/aromatic N) is 1. The molecule has 0 spiro atoms. The minimum absolute atomic E-state index is 0.0319. The molecule has 0 aliphatic heterocycles. The highest BCUT2D eigenvalue weighted by Gasteiger charge is 2.29. The van der Waals surface area contributed by atoms with Crippen LogP contribution in [0.5, 0.6) is 5.75 Å². The highest BCUT2D eigenvalue weighted by Crippen LogP contribution is 2.25. The van der Waals surface area contributed by atoms with Gasteiger partial charge in [-0.1, -0.05) is 18.2 Å². The van der Waals surface area contributed by atoms with Gasteiger partial charge in [0.15, 0.2) is 16.4 Å². The molecule has 0 fully saturated rings. The lowest BCUT2D eigenvalue weighted by atomic mass is 10.2. The fraction of sp³-hybridized carbons (Fsp3) is 0.267. The molecule has 0 saturated carbocycles. The zero-order chi connectivity index (χ0) is 17.1. The van der Waals surface area contributed by atoms with Crippen LogP contribution in [0, 0.1) is 6.92 Å². The lowest BCUT2D eigenvalue weighted by Gasteiger charge is -2.13. The van der Waals surface area contributed by atoms with Crippen molar-refractivity contribution in [3.05, 3.63) is 53.9 Å². The molecule has 1 aromatic carbocycles. The van der Waals surface area contributed by atoms with Gasteiger partial charge in [-0.25, -0.2) is 8.42 Å². The van der Waals surface area contributed by atoms with E-state index in [1.54, 1.807) is 18.2 Å². The fourth-order valence-electron chi connectivity index (χ4n) is 1.91. The van der Waals surface area contributed by atoms with Crippen molar-refractivity contribution >= 4 is 9.84 Å². The first-order valence-corrected chi connectivity index (χ1v) is 8.26. The normalized spacial score (nSPS) is 12.2. The van der Waals surface area contributed by atoms with Gasteiger partial charge in [0.1, 0.15) is 5.75 Å². The van der Waals surface area contributed by atoms with Crippen LogP contribution in [0.25, 0.3) is 0 Å². The number of hydrogen-bond acceptors (Lipinski definition) is 4. The number of aromatic nitrogens is 1. The first kappa shape index (κ1) is 17.3. The summed E-state index contributed by atoms with van der Waals surface area (Å²) in [5, 5.41) is 0. The molecule has 0 amide bonds. The molecule has 0 N–H and O–H groups in total. The molecule has 124 valence electrons. The molecule has 0 bridgehead atoms. The van der Waals surface area contributed by atoms with E-state index in [2.05, 4.69) is 4.98 Å². The molecule has 23 heavy (non-hydrogen) atoms. The predicted octanol–water partition coefficient (Wildman–Crippen LogP) is 3.31. The molecule has 4 nitrogen and oxygen atoms in total. The van der Waals surface area contributed by atoms with Crippen LogP contribution in [-0.4, -0.2) is 26.2 Å². The van der Waals surface area contributed by atoms with E-state index in [-0.39, 0.29) is 21.9 Å². The molecule has 8 heteroatoms. The number of alkyl halides is 3. The van der Waals surface area contributed by atoms with E-state index in [0.29, 0.717) is 0 Å². The van der Waals surface area contributed by atoms with Crippen LogP contribution in [0.3, 0.4) is 0 Å². The topological polar surface area (TPSA) is 56.3 Å². The monoisotopic (exact) mass is 345 g/mol. The molecule has 1 aromatic heterocycles. The number of sulfone groups is 1. The van der Waals surface area contributed by atoms with E-state index in [9.17, 15) is 21.6 Å². The van der Waals surface area contributed by atoms with Gasteiger partial charge in [0.05, 0.1) is 16.3 Å². The third-order valence-corrected chi connectivity index (χ3v) is 4.72. The maximum absolute atomic E-state index is 12.3. The summed E-state index contributed by atoms with van der Waals surface area (Å²) in [7, 11) is -3.64. The Labute approximate surface area is 131 Å². The average molecular weight is 345 g/mol. The van der Waals surface area contributed by atoms with Crippen molar-refractivity contribution in [2.75, 3.05) is 6.61 Å². The highest BCUT2D eigenvalue weighted by atomic mass is 32.2. The van der Waals surface area contributed by atoms with Gasteiger partial charge in [-0.3, -0.25) is 4.98 Å². The van der Waals surface area contributed by atoms with Gasteiger partial charge in [0.2, 0.25) is 0 Å². The van der Waals surface area contributed by atoms with Crippen molar-refractivity contribution in [2.24, 2.45) is 0 Å². The lowest BCUT2D eigenvalue weighted by molar-refractivity contribution is -0.153. The van der Waals surface area contributed by atoms with Crippen LogP contribution in [0.2, 0.25) is 0 Å². The Kier molecular flexibility index (Phi) is 4.93. The van der Waals surface area contributed by atoms with E-state index in [4.69, 9.17) is 4.74 Å². The molecule has 2 rings (SSSR count). The molecule has 2 aromatic rings. The van der Waals surface area contributed by atoms with Crippen LogP contribution in [0.4, 0.5) is 13.2 Å². The van der Waals surface area contributed by atoms with Crippen molar-refractivity contribution in [1.29, 1.82) is 0 Å². The lowest BCUT2D eigenvalue weighted by Crippen LogP contribution is -2.20. The van der Waals surface area contributed by atoms with Crippen molar-refractivity contribution < 1.29 is 26.3 Å². The largest absolute Gasteiger partial charge is 0.484 e. The fourth-order valence-corrected chi connectivity index (χ4v) is 3.30. The standard InChI is InChI=1S/C15H14F3NO3S/c1-11-13(9-23(20,21)12-5-3-2-4-6-12)19-8-7-14(11)22-10-15(16,17)18/h2-8H,9-10H2,1H3. The third kappa shape index (κ3) is 4.69. The number of halogens is 3. The van der Waals surface area contributed by atoms with Crippen LogP contribution in [0.15, 0.2) is 47.5 Å². The van der Waals surface area contributed by atoms with Crippen molar-refractivity contribution in [2.45, 2.75) is 23.7 Å². The molecule has 0 saturated heterocycles. The molecule has 0 atom stereocenters.